The van der Waals surface area contributed by atoms with Gasteiger partial charge >= 0.3 is 0 Å². The van der Waals surface area contributed by atoms with Crippen LogP contribution in [0.15, 0.2) is 206 Å². The number of benzene rings is 11. The third kappa shape index (κ3) is 16.1. The minimum absolute atomic E-state index is 0.111. The zero-order chi connectivity index (χ0) is 87.1. The molecule has 0 saturated heterocycles. The van der Waals surface area contributed by atoms with Crippen molar-refractivity contribution < 1.29 is 6.85 Å². The number of fused-ring (bicyclic) bond motifs is 4. The molecular weight excluding hydrogens is 1360 g/mol. The van der Waals surface area contributed by atoms with Gasteiger partial charge in [-0.25, -0.2) is 0 Å². The van der Waals surface area contributed by atoms with Gasteiger partial charge in [-0.3, -0.25) is 0 Å². The second kappa shape index (κ2) is 27.9. The molecule has 0 N–H and O–H groups in total. The summed E-state index contributed by atoms with van der Waals surface area (Å²) in [4.78, 5) is 5.34. The first kappa shape index (κ1) is 75.4. The van der Waals surface area contributed by atoms with Gasteiger partial charge in [-0.15, -0.1) is 0 Å². The van der Waals surface area contributed by atoms with Crippen LogP contribution in [0, 0.1) is 0 Å². The second-order valence-electron chi connectivity index (χ2n) is 44.7. The van der Waals surface area contributed by atoms with E-state index < -0.39 is 18.2 Å². The van der Waals surface area contributed by atoms with Gasteiger partial charge < -0.3 is 9.80 Å². The van der Waals surface area contributed by atoms with Gasteiger partial charge in [-0.2, -0.15) is 0 Å². The summed E-state index contributed by atoms with van der Waals surface area (Å²) in [6, 6.07) is 68.2. The van der Waals surface area contributed by atoms with Crippen LogP contribution in [0.4, 0.5) is 34.1 Å². The maximum Gasteiger partial charge on any atom is 0.252 e. The quantitative estimate of drug-likeness (QED) is 0.140. The molecule has 0 radical (unpaired) electrons. The molecule has 3 heteroatoms. The van der Waals surface area contributed by atoms with Gasteiger partial charge in [-0.1, -0.05) is 386 Å². The first-order valence-corrected chi connectivity index (χ1v) is 41.7. The summed E-state index contributed by atoms with van der Waals surface area (Å²) in [5, 5.41) is 0. The van der Waals surface area contributed by atoms with Gasteiger partial charge in [0.25, 0.3) is 6.71 Å². The summed E-state index contributed by atoms with van der Waals surface area (Å²) in [5.74, 6) is 0. The maximum absolute atomic E-state index is 9.86. The van der Waals surface area contributed by atoms with Crippen molar-refractivity contribution in [1.29, 1.82) is 0 Å². The summed E-state index contributed by atoms with van der Waals surface area (Å²) in [6.07, 6.45) is 0. The highest BCUT2D eigenvalue weighted by Crippen LogP contribution is 2.57. The van der Waals surface area contributed by atoms with Crippen LogP contribution in [0.2, 0.25) is 0 Å². The summed E-state index contributed by atoms with van der Waals surface area (Å²) in [6.45, 7) is 76.7. The van der Waals surface area contributed by atoms with Gasteiger partial charge in [0, 0.05) is 45.0 Å². The molecule has 113 heavy (non-hydrogen) atoms. The molecule has 0 aliphatic carbocycles. The molecule has 0 aromatic heterocycles. The zero-order valence-corrected chi connectivity index (χ0v) is 75.2. The third-order valence-corrected chi connectivity index (χ3v) is 24.2. The topological polar surface area (TPSA) is 6.48 Å². The summed E-state index contributed by atoms with van der Waals surface area (Å²) in [5.41, 5.74) is 32.1. The molecule has 0 amide bonds. The van der Waals surface area contributed by atoms with Crippen molar-refractivity contribution in [2.45, 2.75) is 288 Å². The average Bonchev–Trinajstić information content (AvgIpc) is 0.683. The van der Waals surface area contributed by atoms with E-state index in [2.05, 4.69) is 408 Å². The van der Waals surface area contributed by atoms with E-state index in [1.54, 1.807) is 0 Å². The van der Waals surface area contributed by atoms with E-state index in [1.165, 1.54) is 61.2 Å². The average molecular weight is 1500 g/mol. The van der Waals surface area contributed by atoms with E-state index in [0.29, 0.717) is 5.56 Å². The Balaban J connectivity index is 1.33. The number of rotatable bonds is 8. The highest BCUT2D eigenvalue weighted by atomic mass is 15.2. The van der Waals surface area contributed by atoms with E-state index in [9.17, 15) is 5.48 Å². The van der Waals surface area contributed by atoms with Crippen molar-refractivity contribution >= 4 is 57.2 Å². The Morgan fingerprint density at radius 1 is 0.212 bits per heavy atom. The minimum atomic E-state index is -0.467. The molecule has 2 aliphatic heterocycles. The lowest BCUT2D eigenvalue weighted by Gasteiger charge is -2.47. The van der Waals surface area contributed by atoms with Gasteiger partial charge in [0.05, 0.1) is 18.2 Å². The first-order chi connectivity index (χ1) is 54.0. The normalized spacial score (nSPS) is 14.6. The van der Waals surface area contributed by atoms with Gasteiger partial charge in [0.2, 0.25) is 0 Å². The molecule has 0 unspecified atom stereocenters. The van der Waals surface area contributed by atoms with Gasteiger partial charge in [-0.05, 0) is 230 Å². The lowest BCUT2D eigenvalue weighted by molar-refractivity contribution is 0.568. The monoisotopic (exact) mass is 1500 g/mol. The Bertz CT molecular complexity index is 5720. The predicted molar refractivity (Wildman–Crippen MR) is 499 cm³/mol. The van der Waals surface area contributed by atoms with Crippen molar-refractivity contribution in [2.75, 3.05) is 9.80 Å². The van der Waals surface area contributed by atoms with E-state index in [1.807, 2.05) is 6.07 Å². The predicted octanol–water partition coefficient (Wildman–Crippen LogP) is 30.0. The van der Waals surface area contributed by atoms with Crippen LogP contribution >= 0.6 is 0 Å². The number of hydrogen-bond donors (Lipinski definition) is 0. The fourth-order valence-corrected chi connectivity index (χ4v) is 16.6. The van der Waals surface area contributed by atoms with E-state index in [-0.39, 0.29) is 83.9 Å². The van der Waals surface area contributed by atoms with Gasteiger partial charge in [0.1, 0.15) is 0 Å². The van der Waals surface area contributed by atoms with Crippen LogP contribution in [0.3, 0.4) is 0 Å². The van der Waals surface area contributed by atoms with Crippen molar-refractivity contribution in [3.63, 3.8) is 0 Å². The Kier molecular flexibility index (Phi) is 18.7. The highest BCUT2D eigenvalue weighted by molar-refractivity contribution is 7.00. The molecule has 0 bridgehead atoms. The summed E-state index contributed by atoms with van der Waals surface area (Å²) < 4.78 is 47.4. The smallest absolute Gasteiger partial charge is 0.252 e. The first-order valence-electron chi connectivity index (χ1n) is 44.2. The van der Waals surface area contributed by atoms with E-state index in [0.717, 1.165) is 106 Å². The second-order valence-corrected chi connectivity index (χ2v) is 44.7. The molecule has 0 atom stereocenters. The highest BCUT2D eigenvalue weighted by Gasteiger charge is 2.47. The summed E-state index contributed by atoms with van der Waals surface area (Å²) in [7, 11) is 0. The Hall–Kier alpha value is -8.92. The zero-order valence-electron chi connectivity index (χ0n) is 80.2. The van der Waals surface area contributed by atoms with Crippen LogP contribution < -0.4 is 26.2 Å². The molecule has 2 heterocycles. The molecule has 13 rings (SSSR count). The van der Waals surface area contributed by atoms with E-state index in [4.69, 9.17) is 1.37 Å². The molecule has 2 aliphatic rings. The number of anilines is 6. The Labute approximate surface area is 691 Å². The number of nitrogens with zero attached hydrogens (tertiary/aromatic N) is 2. The van der Waals surface area contributed by atoms with Crippen molar-refractivity contribution in [3.05, 3.63) is 267 Å². The number of hydrogen-bond acceptors (Lipinski definition) is 2. The van der Waals surface area contributed by atoms with Crippen LogP contribution in [0.5, 0.6) is 0 Å². The largest absolute Gasteiger partial charge is 0.310 e. The third-order valence-electron chi connectivity index (χ3n) is 24.2. The van der Waals surface area contributed by atoms with Crippen LogP contribution in [0.1, 0.15) is 297 Å². The molecule has 11 aromatic rings. The Morgan fingerprint density at radius 3 is 0.867 bits per heavy atom. The standard InChI is InChI=1S/C110H133BN2/c1-100(2,3)75-45-39-69(40-46-75)85-62-82(107(22,23)24)64-87(74-55-80(105(16,17)18)60-81(56-74)106(19,20)21)98(85)112-93-57-71(68-37-35-34-36-38-68)43-51-91(93)111-92-52-44-72(73-53-78(103(10,11)12)59-79(54-73)104(13,14)15)58-94(92)113(96-67-84(109(28,29)30)66-95(112)97(96)111)99-86(70-41-47-76(48-42-70)101(4,5)6)63-83(108(25,26)27)65-89(99)88-61-77(102(7,8)9)49-50-90(88)110(31,32)33/h34-67H,1-33H3/i34D,35D,36D,37D,38D. The Morgan fingerprint density at radius 2 is 0.504 bits per heavy atom. The van der Waals surface area contributed by atoms with Crippen molar-refractivity contribution in [3.8, 4) is 66.8 Å². The van der Waals surface area contributed by atoms with Crippen molar-refractivity contribution in [2.24, 2.45) is 0 Å². The SMILES string of the molecule is [2H]c1c([2H])c([2H])c(-c2ccc3c(c2)N(c2c(-c4ccc(C(C)(C)C)cc4)cc(C(C)(C)C)cc2-c2cc(C(C)(C)C)cc(C(C)(C)C)c2)c2cc(C(C)(C)C)cc4c2B3c2ccc(-c3cc(C(C)(C)C)cc(C(C)(C)C)c3)cc2N4c2c(-c3ccc(C(C)(C)C)cc3)cc(C(C)(C)C)cc2-c2cc(C(C)(C)C)ccc2C(C)(C)C)c([2H])c1[2H]. The van der Waals surface area contributed by atoms with Crippen LogP contribution in [-0.4, -0.2) is 6.71 Å². The fraction of sp³-hybridized carbons (Fsp3) is 0.400. The van der Waals surface area contributed by atoms with E-state index >= 15 is 0 Å². The maximum atomic E-state index is 9.86. The molecular formula is C110H133BN2. The van der Waals surface area contributed by atoms with Crippen LogP contribution in [-0.2, 0) is 59.6 Å². The molecule has 586 valence electrons. The molecule has 0 fully saturated rings. The molecule has 0 saturated carbocycles. The molecule has 2 nitrogen and oxygen atoms in total. The molecule has 11 aromatic carbocycles. The summed E-state index contributed by atoms with van der Waals surface area (Å²) >= 11 is 0. The van der Waals surface area contributed by atoms with Crippen LogP contribution in [0.25, 0.3) is 66.8 Å². The minimum Gasteiger partial charge on any atom is -0.310 e. The van der Waals surface area contributed by atoms with Gasteiger partial charge in [0.15, 0.2) is 0 Å². The molecule has 0 spiro atoms. The van der Waals surface area contributed by atoms with Crippen molar-refractivity contribution in [1.82, 2.24) is 0 Å². The fourth-order valence-electron chi connectivity index (χ4n) is 16.6. The lowest BCUT2D eigenvalue weighted by Crippen LogP contribution is -2.61. The lowest BCUT2D eigenvalue weighted by atomic mass is 9.33.